The lowest BCUT2D eigenvalue weighted by Crippen LogP contribution is -2.37. The molecule has 3 aliphatic rings. The zero-order valence-corrected chi connectivity index (χ0v) is 18.9. The Morgan fingerprint density at radius 3 is 2.21 bits per heavy atom. The summed E-state index contributed by atoms with van der Waals surface area (Å²) in [4.78, 5) is 0. The maximum absolute atomic E-state index is 5.80. The van der Waals surface area contributed by atoms with E-state index in [1.165, 1.54) is 109 Å². The highest BCUT2D eigenvalue weighted by molar-refractivity contribution is 4.92. The zero-order valence-electron chi connectivity index (χ0n) is 18.9. The van der Waals surface area contributed by atoms with E-state index in [4.69, 9.17) is 4.74 Å². The molecule has 0 aromatic rings. The molecule has 1 heteroatoms. The number of hydrogen-bond acceptors (Lipinski definition) is 1. The Kier molecular flexibility index (Phi) is 9.41. The molecular formula is C27H48O. The van der Waals surface area contributed by atoms with Crippen LogP contribution in [0.2, 0.25) is 0 Å². The third-order valence-corrected chi connectivity index (χ3v) is 8.95. The van der Waals surface area contributed by atoms with Gasteiger partial charge in [-0.25, -0.2) is 0 Å². The van der Waals surface area contributed by atoms with Gasteiger partial charge in [-0.3, -0.25) is 0 Å². The lowest BCUT2D eigenvalue weighted by Gasteiger charge is -2.48. The molecule has 162 valence electrons. The summed E-state index contributed by atoms with van der Waals surface area (Å²) in [5, 5.41) is 0. The van der Waals surface area contributed by atoms with Crippen LogP contribution in [0, 0.1) is 29.1 Å². The van der Waals surface area contributed by atoms with Gasteiger partial charge in [0, 0.05) is 6.61 Å². The fourth-order valence-electron chi connectivity index (χ4n) is 7.03. The fraction of sp³-hybridized carbons (Fsp3) is 0.926. The quantitative estimate of drug-likeness (QED) is 0.270. The summed E-state index contributed by atoms with van der Waals surface area (Å²) >= 11 is 0. The van der Waals surface area contributed by atoms with E-state index in [0.717, 1.165) is 36.9 Å². The summed E-state index contributed by atoms with van der Waals surface area (Å²) < 4.78 is 5.80. The number of rotatable bonds is 10. The SMILES string of the molecule is C=CCOCC1CCC(CCCC(C)C2CCCCC2)(C2CCCCC2)CC1. The molecule has 3 saturated carbocycles. The Morgan fingerprint density at radius 2 is 1.57 bits per heavy atom. The highest BCUT2D eigenvalue weighted by Crippen LogP contribution is 2.52. The minimum atomic E-state index is 0.682. The molecule has 0 spiro atoms. The summed E-state index contributed by atoms with van der Waals surface area (Å²) in [6.07, 6.45) is 27.2. The molecule has 1 nitrogen and oxygen atoms in total. The average molecular weight is 389 g/mol. The van der Waals surface area contributed by atoms with Crippen molar-refractivity contribution < 1.29 is 4.74 Å². The first-order valence-corrected chi connectivity index (χ1v) is 12.9. The second kappa shape index (κ2) is 11.8. The molecule has 3 aliphatic carbocycles. The molecule has 0 aromatic carbocycles. The lowest BCUT2D eigenvalue weighted by molar-refractivity contribution is 0.0130. The van der Waals surface area contributed by atoms with Crippen molar-refractivity contribution in [1.29, 1.82) is 0 Å². The summed E-state index contributed by atoms with van der Waals surface area (Å²) in [6, 6.07) is 0. The number of ether oxygens (including phenoxy) is 1. The van der Waals surface area contributed by atoms with Crippen molar-refractivity contribution in [3.05, 3.63) is 12.7 Å². The van der Waals surface area contributed by atoms with Crippen LogP contribution in [-0.2, 0) is 4.74 Å². The Hall–Kier alpha value is -0.300. The van der Waals surface area contributed by atoms with Gasteiger partial charge in [-0.15, -0.1) is 6.58 Å². The first-order valence-electron chi connectivity index (χ1n) is 12.9. The summed E-state index contributed by atoms with van der Waals surface area (Å²) in [7, 11) is 0. The van der Waals surface area contributed by atoms with Gasteiger partial charge >= 0.3 is 0 Å². The van der Waals surface area contributed by atoms with Crippen molar-refractivity contribution >= 4 is 0 Å². The van der Waals surface area contributed by atoms with Gasteiger partial charge in [-0.2, -0.15) is 0 Å². The van der Waals surface area contributed by atoms with Gasteiger partial charge in [0.25, 0.3) is 0 Å². The third-order valence-electron chi connectivity index (χ3n) is 8.95. The first-order chi connectivity index (χ1) is 13.7. The second-order valence-corrected chi connectivity index (χ2v) is 10.7. The highest BCUT2D eigenvalue weighted by Gasteiger charge is 2.41. The van der Waals surface area contributed by atoms with Crippen molar-refractivity contribution in [2.24, 2.45) is 29.1 Å². The highest BCUT2D eigenvalue weighted by atomic mass is 16.5. The topological polar surface area (TPSA) is 9.23 Å². The van der Waals surface area contributed by atoms with Crippen LogP contribution in [0.5, 0.6) is 0 Å². The molecule has 3 rings (SSSR count). The van der Waals surface area contributed by atoms with Crippen LogP contribution in [-0.4, -0.2) is 13.2 Å². The van der Waals surface area contributed by atoms with Crippen molar-refractivity contribution in [2.45, 2.75) is 116 Å². The molecule has 0 aliphatic heterocycles. The smallest absolute Gasteiger partial charge is 0.0644 e. The van der Waals surface area contributed by atoms with Gasteiger partial charge < -0.3 is 4.74 Å². The van der Waals surface area contributed by atoms with E-state index in [1.54, 1.807) is 0 Å². The van der Waals surface area contributed by atoms with Gasteiger partial charge in [0.05, 0.1) is 6.61 Å². The Labute approximate surface area is 176 Å². The predicted octanol–water partition coefficient (Wildman–Crippen LogP) is 8.33. The Balaban J connectivity index is 1.50. The van der Waals surface area contributed by atoms with E-state index >= 15 is 0 Å². The molecule has 0 N–H and O–H groups in total. The van der Waals surface area contributed by atoms with Gasteiger partial charge in [-0.05, 0) is 74.0 Å². The molecule has 0 heterocycles. The maximum Gasteiger partial charge on any atom is 0.0644 e. The molecule has 3 fully saturated rings. The predicted molar refractivity (Wildman–Crippen MR) is 122 cm³/mol. The molecule has 1 atom stereocenters. The van der Waals surface area contributed by atoms with E-state index in [9.17, 15) is 0 Å². The molecule has 0 radical (unpaired) electrons. The van der Waals surface area contributed by atoms with Crippen LogP contribution >= 0.6 is 0 Å². The van der Waals surface area contributed by atoms with Crippen LogP contribution < -0.4 is 0 Å². The van der Waals surface area contributed by atoms with E-state index in [2.05, 4.69) is 13.5 Å². The van der Waals surface area contributed by atoms with Gasteiger partial charge in [0.1, 0.15) is 0 Å². The Morgan fingerprint density at radius 1 is 0.929 bits per heavy atom. The van der Waals surface area contributed by atoms with Gasteiger partial charge in [-0.1, -0.05) is 77.2 Å². The molecule has 1 unspecified atom stereocenters. The van der Waals surface area contributed by atoms with Crippen LogP contribution in [0.1, 0.15) is 116 Å². The molecular weight excluding hydrogens is 340 g/mol. The minimum absolute atomic E-state index is 0.682. The summed E-state index contributed by atoms with van der Waals surface area (Å²) in [6.45, 7) is 8.04. The molecule has 0 saturated heterocycles. The lowest BCUT2D eigenvalue weighted by atomic mass is 9.58. The zero-order chi connectivity index (χ0) is 19.7. The Bertz CT molecular complexity index is 422. The molecule has 0 aromatic heterocycles. The largest absolute Gasteiger partial charge is 0.377 e. The van der Waals surface area contributed by atoms with Crippen LogP contribution in [0.25, 0.3) is 0 Å². The van der Waals surface area contributed by atoms with Crippen molar-refractivity contribution in [3.8, 4) is 0 Å². The summed E-state index contributed by atoms with van der Waals surface area (Å²) in [5.41, 5.74) is 0.682. The van der Waals surface area contributed by atoms with Crippen LogP contribution in [0.4, 0.5) is 0 Å². The first kappa shape index (κ1) is 22.4. The van der Waals surface area contributed by atoms with E-state index in [-0.39, 0.29) is 0 Å². The van der Waals surface area contributed by atoms with Crippen molar-refractivity contribution in [1.82, 2.24) is 0 Å². The number of hydrogen-bond donors (Lipinski definition) is 0. The molecule has 0 amide bonds. The monoisotopic (exact) mass is 388 g/mol. The second-order valence-electron chi connectivity index (χ2n) is 10.7. The standard InChI is InChI=1S/C27H48O/c1-3-21-28-22-24-16-19-27(20-17-24,26-14-8-5-9-15-26)18-10-11-23(2)25-12-6-4-7-13-25/h3,23-26H,1,4-22H2,2H3. The van der Waals surface area contributed by atoms with E-state index < -0.39 is 0 Å². The maximum atomic E-state index is 5.80. The van der Waals surface area contributed by atoms with E-state index in [1.807, 2.05) is 6.08 Å². The normalized spacial score (nSPS) is 31.5. The van der Waals surface area contributed by atoms with Crippen molar-refractivity contribution in [2.75, 3.05) is 13.2 Å². The van der Waals surface area contributed by atoms with Gasteiger partial charge in [0.15, 0.2) is 0 Å². The van der Waals surface area contributed by atoms with Crippen molar-refractivity contribution in [3.63, 3.8) is 0 Å². The molecule has 28 heavy (non-hydrogen) atoms. The minimum Gasteiger partial charge on any atom is -0.377 e. The fourth-order valence-corrected chi connectivity index (χ4v) is 7.03. The van der Waals surface area contributed by atoms with E-state index in [0.29, 0.717) is 5.41 Å². The van der Waals surface area contributed by atoms with Gasteiger partial charge in [0.2, 0.25) is 0 Å². The average Bonchev–Trinajstić information content (AvgIpc) is 2.76. The molecule has 0 bridgehead atoms. The third kappa shape index (κ3) is 6.35. The summed E-state index contributed by atoms with van der Waals surface area (Å²) in [5.74, 6) is 3.84. The van der Waals surface area contributed by atoms with Crippen LogP contribution in [0.15, 0.2) is 12.7 Å². The van der Waals surface area contributed by atoms with Crippen LogP contribution in [0.3, 0.4) is 0 Å².